The van der Waals surface area contributed by atoms with Crippen molar-refractivity contribution in [2.45, 2.75) is 6.85 Å². The Balaban J connectivity index is 3.53. The molecule has 0 spiro atoms. The van der Waals surface area contributed by atoms with Crippen LogP contribution in [0.1, 0.15) is 12.4 Å². The van der Waals surface area contributed by atoms with Crippen molar-refractivity contribution < 1.29 is 9.68 Å². The van der Waals surface area contributed by atoms with Gasteiger partial charge in [0.15, 0.2) is 2.82 Å². The quantitative estimate of drug-likeness (QED) is 0.659. The molecule has 1 rings (SSSR count). The Morgan fingerprint density at radius 3 is 3.67 bits per heavy atom. The minimum Gasteiger partial charge on any atom is -0.384 e. The molecule has 3 heteroatoms. The number of nitrogens with two attached hydrogens (primary N) is 1. The Morgan fingerprint density at radius 2 is 3.00 bits per heavy atom. The first-order valence-corrected chi connectivity index (χ1v) is 2.49. The second-order valence-electron chi connectivity index (χ2n) is 1.36. The molecule has 48 valence electrons. The molecule has 1 aromatic rings. The van der Waals surface area contributed by atoms with Crippen LogP contribution in [0.5, 0.6) is 0 Å². The average molecular weight is 150 g/mol. The predicted molar refractivity (Wildman–Crippen MR) is 38.4 cm³/mol. The Labute approximate surface area is 68.6 Å². The standard InChI is InChI=1S/C6H7ClN2/c1-4-3-9-6(8)2-5(4)7/h2-3H,1H3,(H2,8,9)/i1D3,2D,3D/hD2. The van der Waals surface area contributed by atoms with Gasteiger partial charge in [-0.25, -0.2) is 4.98 Å². The highest BCUT2D eigenvalue weighted by atomic mass is 35.5. The first-order chi connectivity index (χ1) is 7.16. The lowest BCUT2D eigenvalue weighted by atomic mass is 10.3. The highest BCUT2D eigenvalue weighted by Crippen LogP contribution is 2.14. The molecule has 9 heavy (non-hydrogen) atoms. The van der Waals surface area contributed by atoms with E-state index in [1.165, 1.54) is 0 Å². The van der Waals surface area contributed by atoms with Crippen LogP contribution >= 0.6 is 11.6 Å². The highest BCUT2D eigenvalue weighted by Gasteiger charge is 1.93. The molecule has 0 amide bonds. The molecule has 2 N–H and O–H groups in total. The van der Waals surface area contributed by atoms with Gasteiger partial charge in [-0.3, -0.25) is 0 Å². The molecule has 0 aliphatic carbocycles. The molecule has 1 aromatic heterocycles. The third-order valence-corrected chi connectivity index (χ3v) is 0.998. The number of halogens is 1. The third-order valence-electron chi connectivity index (χ3n) is 0.715. The lowest BCUT2D eigenvalue weighted by Gasteiger charge is -1.95. The zero-order valence-electron chi connectivity index (χ0n) is 11.3. The van der Waals surface area contributed by atoms with Crippen molar-refractivity contribution in [3.8, 4) is 0 Å². The largest absolute Gasteiger partial charge is 0.384 e. The van der Waals surface area contributed by atoms with Crippen LogP contribution in [0.25, 0.3) is 0 Å². The molecule has 0 bridgehead atoms. The maximum atomic E-state index is 7.43. The SMILES string of the molecule is [2H]c1nc(N([2H])[2H])c([2H])c(Cl)c1C([2H])([2H])[2H]. The second-order valence-corrected chi connectivity index (χ2v) is 1.74. The molecule has 0 saturated heterocycles. The molecular weight excluding hydrogens is 136 g/mol. The van der Waals surface area contributed by atoms with Crippen molar-refractivity contribution in [3.05, 3.63) is 22.8 Å². The van der Waals surface area contributed by atoms with Gasteiger partial charge in [0.1, 0.15) is 5.82 Å². The Kier molecular flexibility index (Phi) is 0.461. The molecule has 0 radical (unpaired) electrons. The Bertz CT molecular complexity index is 416. The maximum Gasteiger partial charge on any atom is 0.158 e. The minimum atomic E-state index is -2.65. The summed E-state index contributed by atoms with van der Waals surface area (Å²) in [4.78, 5) is 3.39. The number of nitrogen functional groups attached to an aromatic ring is 1. The van der Waals surface area contributed by atoms with E-state index < -0.39 is 35.5 Å². The van der Waals surface area contributed by atoms with Crippen molar-refractivity contribution >= 4 is 17.4 Å². The smallest absolute Gasteiger partial charge is 0.158 e. The van der Waals surface area contributed by atoms with Crippen molar-refractivity contribution in [2.75, 3.05) is 5.72 Å². The van der Waals surface area contributed by atoms with E-state index in [2.05, 4.69) is 4.98 Å². The summed E-state index contributed by atoms with van der Waals surface area (Å²) in [7, 11) is 0. The van der Waals surface area contributed by atoms with Crippen LogP contribution < -0.4 is 5.72 Å². The zero-order chi connectivity index (χ0) is 12.7. The van der Waals surface area contributed by atoms with Gasteiger partial charge >= 0.3 is 0 Å². The summed E-state index contributed by atoms with van der Waals surface area (Å²) in [5.41, 5.74) is -0.528. The van der Waals surface area contributed by atoms with Gasteiger partial charge in [0, 0.05) is 15.3 Å². The van der Waals surface area contributed by atoms with Gasteiger partial charge in [0.2, 0.25) is 0 Å². The van der Waals surface area contributed by atoms with Gasteiger partial charge in [0.25, 0.3) is 0 Å². The van der Waals surface area contributed by atoms with E-state index in [0.717, 1.165) is 0 Å². The molecule has 1 heterocycles. The number of aromatic nitrogens is 1. The topological polar surface area (TPSA) is 38.9 Å². The van der Waals surface area contributed by atoms with Crippen LogP contribution in [-0.2, 0) is 0 Å². The molecule has 0 atom stereocenters. The van der Waals surface area contributed by atoms with Crippen LogP contribution in [0.15, 0.2) is 12.2 Å². The molecule has 0 aliphatic rings. The van der Waals surface area contributed by atoms with E-state index in [9.17, 15) is 0 Å². The van der Waals surface area contributed by atoms with Gasteiger partial charge in [-0.1, -0.05) is 11.6 Å². The number of pyridine rings is 1. The predicted octanol–water partition coefficient (Wildman–Crippen LogP) is 1.63. The lowest BCUT2D eigenvalue weighted by molar-refractivity contribution is 1.28. The summed E-state index contributed by atoms with van der Waals surface area (Å²) in [5, 5.41) is -0.473. The molecule has 0 saturated carbocycles. The molecule has 2 nitrogen and oxygen atoms in total. The maximum absolute atomic E-state index is 7.43. The van der Waals surface area contributed by atoms with Crippen LogP contribution in [0.2, 0.25) is 7.85 Å². The molecule has 0 aromatic carbocycles. The summed E-state index contributed by atoms with van der Waals surface area (Å²) >= 11 is 5.63. The molecule has 0 aliphatic heterocycles. The summed E-state index contributed by atoms with van der Waals surface area (Å²) in [5.74, 6) is -0.483. The van der Waals surface area contributed by atoms with Gasteiger partial charge in [0.05, 0.1) is 2.74 Å². The molecule has 0 fully saturated rings. The average Bonchev–Trinajstić information content (AvgIpc) is 2.08. The molecule has 0 unspecified atom stereocenters. The number of rotatable bonds is 1. The fraction of sp³-hybridized carbons (Fsp3) is 0.167. The zero-order valence-corrected chi connectivity index (χ0v) is 5.03. The summed E-state index contributed by atoms with van der Waals surface area (Å²) < 4.78 is 50.0. The third kappa shape index (κ3) is 1.33. The van der Waals surface area contributed by atoms with Crippen molar-refractivity contribution in [1.82, 2.24) is 4.98 Å². The normalized spacial score (nSPS) is 21.7. The minimum absolute atomic E-state index is 0.00947. The Morgan fingerprint density at radius 1 is 2.11 bits per heavy atom. The van der Waals surface area contributed by atoms with Gasteiger partial charge in [-0.2, -0.15) is 0 Å². The van der Waals surface area contributed by atoms with E-state index in [1.54, 1.807) is 0 Å². The summed E-state index contributed by atoms with van der Waals surface area (Å²) in [6, 6.07) is -0.547. The van der Waals surface area contributed by atoms with E-state index in [-0.39, 0.29) is 5.72 Å². The van der Waals surface area contributed by atoms with Gasteiger partial charge in [-0.05, 0) is 18.5 Å². The highest BCUT2D eigenvalue weighted by molar-refractivity contribution is 6.31. The van der Waals surface area contributed by atoms with Crippen LogP contribution in [0.4, 0.5) is 5.82 Å². The van der Waals surface area contributed by atoms with E-state index in [4.69, 9.17) is 21.3 Å². The van der Waals surface area contributed by atoms with E-state index >= 15 is 0 Å². The van der Waals surface area contributed by atoms with E-state index in [1.807, 2.05) is 0 Å². The lowest BCUT2D eigenvalue weighted by Crippen LogP contribution is -1.89. The summed E-state index contributed by atoms with van der Waals surface area (Å²) in [6.45, 7) is -2.65. The first kappa shape index (κ1) is 1.86. The molecular formula is C6H7ClN2. The Hall–Kier alpha value is -0.760. The number of hydrogen-bond acceptors (Lipinski definition) is 2. The fourth-order valence-corrected chi connectivity index (χ4v) is 0.473. The van der Waals surface area contributed by atoms with Gasteiger partial charge < -0.3 is 5.72 Å². The van der Waals surface area contributed by atoms with Crippen LogP contribution in [-0.4, -0.2) is 4.98 Å². The van der Waals surface area contributed by atoms with Crippen LogP contribution in [0, 0.1) is 6.85 Å². The number of anilines is 1. The number of hydrogen-bond donors (Lipinski definition) is 1. The summed E-state index contributed by atoms with van der Waals surface area (Å²) in [6.07, 6.45) is -0.652. The van der Waals surface area contributed by atoms with Crippen molar-refractivity contribution in [3.63, 3.8) is 0 Å². The van der Waals surface area contributed by atoms with E-state index in [0.29, 0.717) is 0 Å². The van der Waals surface area contributed by atoms with Crippen molar-refractivity contribution in [2.24, 2.45) is 0 Å². The fourth-order valence-electron chi connectivity index (χ4n) is 0.347. The number of nitrogens with zero attached hydrogens (tertiary/aromatic N) is 1. The first-order valence-electron chi connectivity index (χ1n) is 5.50. The van der Waals surface area contributed by atoms with Crippen molar-refractivity contribution in [1.29, 1.82) is 0 Å². The second kappa shape index (κ2) is 2.23. The monoisotopic (exact) mass is 149 g/mol. The van der Waals surface area contributed by atoms with Gasteiger partial charge in [-0.15, -0.1) is 0 Å². The van der Waals surface area contributed by atoms with Crippen LogP contribution in [0.3, 0.4) is 0 Å².